The first-order chi connectivity index (χ1) is 8.76. The van der Waals surface area contributed by atoms with E-state index in [1.165, 1.54) is 0 Å². The van der Waals surface area contributed by atoms with Gasteiger partial charge in [0.1, 0.15) is 0 Å². The van der Waals surface area contributed by atoms with Gasteiger partial charge in [0, 0.05) is 26.5 Å². The summed E-state index contributed by atoms with van der Waals surface area (Å²) in [6, 6.07) is 7.60. The second-order valence-corrected chi connectivity index (χ2v) is 3.85. The highest BCUT2D eigenvalue weighted by atomic mass is 35.5. The smallest absolute Gasteiger partial charge is 0.238 e. The largest absolute Gasteiger partial charge is 0.383 e. The van der Waals surface area contributed by atoms with Crippen molar-refractivity contribution in [2.45, 2.75) is 6.61 Å². The molecule has 0 heterocycles. The van der Waals surface area contributed by atoms with E-state index in [1.54, 1.807) is 14.2 Å². The molecular formula is C13H21ClN2O3. The van der Waals surface area contributed by atoms with Crippen LogP contribution in [0.5, 0.6) is 0 Å². The number of anilines is 1. The molecule has 1 amide bonds. The Balaban J connectivity index is 0.00000324. The van der Waals surface area contributed by atoms with Gasteiger partial charge in [-0.25, -0.2) is 0 Å². The van der Waals surface area contributed by atoms with E-state index < -0.39 is 0 Å². The maximum Gasteiger partial charge on any atom is 0.238 e. The fourth-order valence-electron chi connectivity index (χ4n) is 1.49. The molecule has 0 aliphatic carbocycles. The molecule has 0 bridgehead atoms. The molecule has 0 aliphatic heterocycles. The standard InChI is InChI=1S/C13H20N2O3.ClH/c1-17-7-6-14-9-13(16)15-12-5-3-4-11(8-12)10-18-2;/h3-5,8,14H,6-7,9-10H2,1-2H3,(H,15,16);1H. The molecule has 1 aromatic carbocycles. The Morgan fingerprint density at radius 2 is 2.05 bits per heavy atom. The maximum atomic E-state index is 11.6. The van der Waals surface area contributed by atoms with Crippen molar-refractivity contribution in [2.75, 3.05) is 39.2 Å². The average molecular weight is 289 g/mol. The fraction of sp³-hybridized carbons (Fsp3) is 0.462. The van der Waals surface area contributed by atoms with Gasteiger partial charge in [0.25, 0.3) is 0 Å². The Bertz CT molecular complexity index is 375. The van der Waals surface area contributed by atoms with Crippen molar-refractivity contribution in [1.82, 2.24) is 5.32 Å². The molecule has 0 aliphatic rings. The number of rotatable bonds is 8. The van der Waals surface area contributed by atoms with Gasteiger partial charge in [0.05, 0.1) is 19.8 Å². The third kappa shape index (κ3) is 7.79. The van der Waals surface area contributed by atoms with Gasteiger partial charge in [-0.15, -0.1) is 12.4 Å². The highest BCUT2D eigenvalue weighted by Gasteiger charge is 2.02. The predicted molar refractivity (Wildman–Crippen MR) is 77.8 cm³/mol. The topological polar surface area (TPSA) is 59.6 Å². The fourth-order valence-corrected chi connectivity index (χ4v) is 1.49. The molecule has 0 atom stereocenters. The Labute approximate surface area is 120 Å². The minimum absolute atomic E-state index is 0. The quantitative estimate of drug-likeness (QED) is 0.711. The molecule has 19 heavy (non-hydrogen) atoms. The Morgan fingerprint density at radius 3 is 2.74 bits per heavy atom. The van der Waals surface area contributed by atoms with Gasteiger partial charge in [-0.05, 0) is 17.7 Å². The summed E-state index contributed by atoms with van der Waals surface area (Å²) >= 11 is 0. The van der Waals surface area contributed by atoms with Crippen molar-refractivity contribution in [2.24, 2.45) is 0 Å². The summed E-state index contributed by atoms with van der Waals surface area (Å²) in [4.78, 5) is 11.6. The monoisotopic (exact) mass is 288 g/mol. The van der Waals surface area contributed by atoms with Crippen LogP contribution in [0.4, 0.5) is 5.69 Å². The first-order valence-corrected chi connectivity index (χ1v) is 5.83. The number of carbonyl (C=O) groups is 1. The maximum absolute atomic E-state index is 11.6. The van der Waals surface area contributed by atoms with Crippen LogP contribution < -0.4 is 10.6 Å². The summed E-state index contributed by atoms with van der Waals surface area (Å²) in [6.07, 6.45) is 0. The lowest BCUT2D eigenvalue weighted by Crippen LogP contribution is -2.30. The molecule has 2 N–H and O–H groups in total. The van der Waals surface area contributed by atoms with E-state index in [0.717, 1.165) is 11.3 Å². The van der Waals surface area contributed by atoms with Crippen LogP contribution in [-0.4, -0.2) is 39.8 Å². The van der Waals surface area contributed by atoms with Gasteiger partial charge >= 0.3 is 0 Å². The second-order valence-electron chi connectivity index (χ2n) is 3.85. The summed E-state index contributed by atoms with van der Waals surface area (Å²) in [7, 11) is 3.27. The number of carbonyl (C=O) groups excluding carboxylic acids is 1. The molecule has 0 radical (unpaired) electrons. The minimum atomic E-state index is -0.0688. The van der Waals surface area contributed by atoms with Gasteiger partial charge in [0.2, 0.25) is 5.91 Å². The SMILES string of the molecule is COCCNCC(=O)Nc1cccc(COC)c1.Cl. The number of amides is 1. The highest BCUT2D eigenvalue weighted by Crippen LogP contribution is 2.11. The van der Waals surface area contributed by atoms with Gasteiger partial charge in [-0.2, -0.15) is 0 Å². The molecule has 1 aromatic rings. The lowest BCUT2D eigenvalue weighted by atomic mass is 10.2. The van der Waals surface area contributed by atoms with Gasteiger partial charge in [-0.3, -0.25) is 4.79 Å². The van der Waals surface area contributed by atoms with Gasteiger partial charge in [0.15, 0.2) is 0 Å². The molecule has 108 valence electrons. The van der Waals surface area contributed by atoms with Crippen LogP contribution >= 0.6 is 12.4 Å². The Kier molecular flexibility index (Phi) is 10.1. The number of hydrogen-bond acceptors (Lipinski definition) is 4. The summed E-state index contributed by atoms with van der Waals surface area (Å²) in [6.45, 7) is 2.07. The first kappa shape index (κ1) is 17.9. The normalized spacial score (nSPS) is 9.79. The molecule has 0 aromatic heterocycles. The molecule has 1 rings (SSSR count). The van der Waals surface area contributed by atoms with Crippen molar-refractivity contribution in [3.8, 4) is 0 Å². The molecule has 0 unspecified atom stereocenters. The summed E-state index contributed by atoms with van der Waals surface area (Å²) in [5.41, 5.74) is 1.81. The number of benzene rings is 1. The predicted octanol–water partition coefficient (Wildman–Crippen LogP) is 1.43. The van der Waals surface area contributed by atoms with Crippen molar-refractivity contribution in [1.29, 1.82) is 0 Å². The summed E-state index contributed by atoms with van der Waals surface area (Å²) < 4.78 is 9.92. The van der Waals surface area contributed by atoms with E-state index >= 15 is 0 Å². The molecule has 6 heteroatoms. The number of nitrogens with one attached hydrogen (secondary N) is 2. The Morgan fingerprint density at radius 1 is 1.26 bits per heavy atom. The minimum Gasteiger partial charge on any atom is -0.383 e. The number of methoxy groups -OCH3 is 2. The molecular weight excluding hydrogens is 268 g/mol. The van der Waals surface area contributed by atoms with E-state index in [4.69, 9.17) is 9.47 Å². The van der Waals surface area contributed by atoms with Crippen molar-refractivity contribution in [3.63, 3.8) is 0 Å². The lowest BCUT2D eigenvalue weighted by Gasteiger charge is -2.08. The molecule has 5 nitrogen and oxygen atoms in total. The summed E-state index contributed by atoms with van der Waals surface area (Å²) in [5, 5.41) is 5.80. The third-order valence-electron chi connectivity index (χ3n) is 2.29. The second kappa shape index (κ2) is 10.8. The van der Waals surface area contributed by atoms with Crippen molar-refractivity contribution in [3.05, 3.63) is 29.8 Å². The molecule has 0 spiro atoms. The van der Waals surface area contributed by atoms with Gasteiger partial charge in [-0.1, -0.05) is 12.1 Å². The first-order valence-electron chi connectivity index (χ1n) is 5.83. The Hall–Kier alpha value is -1.14. The highest BCUT2D eigenvalue weighted by molar-refractivity contribution is 5.92. The zero-order valence-corrected chi connectivity index (χ0v) is 12.1. The van der Waals surface area contributed by atoms with Crippen LogP contribution in [0.25, 0.3) is 0 Å². The zero-order chi connectivity index (χ0) is 13.2. The van der Waals surface area contributed by atoms with E-state index in [2.05, 4.69) is 10.6 Å². The van der Waals surface area contributed by atoms with Crippen LogP contribution in [0.15, 0.2) is 24.3 Å². The molecule has 0 fully saturated rings. The number of halogens is 1. The van der Waals surface area contributed by atoms with Crippen molar-refractivity contribution < 1.29 is 14.3 Å². The lowest BCUT2D eigenvalue weighted by molar-refractivity contribution is -0.115. The van der Waals surface area contributed by atoms with Crippen LogP contribution in [0.3, 0.4) is 0 Å². The third-order valence-corrected chi connectivity index (χ3v) is 2.29. The number of hydrogen-bond donors (Lipinski definition) is 2. The van der Waals surface area contributed by atoms with Crippen LogP contribution in [-0.2, 0) is 20.9 Å². The van der Waals surface area contributed by atoms with E-state index in [9.17, 15) is 4.79 Å². The molecule has 0 saturated heterocycles. The van der Waals surface area contributed by atoms with Crippen LogP contribution in [0.1, 0.15) is 5.56 Å². The van der Waals surface area contributed by atoms with Crippen LogP contribution in [0.2, 0.25) is 0 Å². The van der Waals surface area contributed by atoms with E-state index in [1.807, 2.05) is 24.3 Å². The zero-order valence-electron chi connectivity index (χ0n) is 11.3. The average Bonchev–Trinajstić information content (AvgIpc) is 2.35. The van der Waals surface area contributed by atoms with E-state index in [-0.39, 0.29) is 24.9 Å². The molecule has 0 saturated carbocycles. The van der Waals surface area contributed by atoms with E-state index in [0.29, 0.717) is 19.8 Å². The van der Waals surface area contributed by atoms with Gasteiger partial charge < -0.3 is 20.1 Å². The van der Waals surface area contributed by atoms with Crippen molar-refractivity contribution >= 4 is 24.0 Å². The van der Waals surface area contributed by atoms with Crippen LogP contribution in [0, 0.1) is 0 Å². The summed E-state index contributed by atoms with van der Waals surface area (Å²) in [5.74, 6) is -0.0688. The number of ether oxygens (including phenoxy) is 2.